The average molecular weight is 1030 g/mol. The molecule has 362 valence electrons. The lowest BCUT2D eigenvalue weighted by atomic mass is 10.0. The second kappa shape index (κ2) is 24.1. The van der Waals surface area contributed by atoms with E-state index in [1.165, 1.54) is 48.7 Å². The normalized spacial score (nSPS) is 14.8. The van der Waals surface area contributed by atoms with Gasteiger partial charge in [-0.25, -0.2) is 22.5 Å². The number of rotatable bonds is 27. The third-order valence-corrected chi connectivity index (χ3v) is 12.3. The van der Waals surface area contributed by atoms with Gasteiger partial charge in [0.2, 0.25) is 27.8 Å². The van der Waals surface area contributed by atoms with Gasteiger partial charge in [0.1, 0.15) is 30.0 Å². The van der Waals surface area contributed by atoms with Crippen LogP contribution in [0.1, 0.15) is 62.3 Å². The van der Waals surface area contributed by atoms with Gasteiger partial charge in [0.25, 0.3) is 17.7 Å². The fourth-order valence-electron chi connectivity index (χ4n) is 6.88. The number of amides is 5. The maximum atomic E-state index is 14.3. The van der Waals surface area contributed by atoms with Crippen LogP contribution in [0.3, 0.4) is 0 Å². The van der Waals surface area contributed by atoms with Crippen molar-refractivity contribution < 1.29 is 65.3 Å². The number of primary amides is 1. The first-order chi connectivity index (χ1) is 32.6. The van der Waals surface area contributed by atoms with Crippen LogP contribution in [0.25, 0.3) is 0 Å². The van der Waals surface area contributed by atoms with Gasteiger partial charge in [-0.15, -0.1) is 0 Å². The van der Waals surface area contributed by atoms with Gasteiger partial charge in [0.05, 0.1) is 78.0 Å². The summed E-state index contributed by atoms with van der Waals surface area (Å²) in [5.41, 5.74) is 6.27. The number of benzene rings is 3. The quantitative estimate of drug-likeness (QED) is 0.0422. The summed E-state index contributed by atoms with van der Waals surface area (Å²) in [6.45, 7) is 3.49. The van der Waals surface area contributed by atoms with Crippen molar-refractivity contribution >= 4 is 84.4 Å². The number of aromatic nitrogens is 2. The molecule has 6 N–H and O–H groups in total. The molecule has 3 aromatic carbocycles. The monoisotopic (exact) mass is 1030 g/mol. The van der Waals surface area contributed by atoms with Crippen molar-refractivity contribution in [3.8, 4) is 5.75 Å². The Kier molecular flexibility index (Phi) is 18.1. The van der Waals surface area contributed by atoms with Crippen molar-refractivity contribution in [2.24, 2.45) is 5.73 Å². The van der Waals surface area contributed by atoms with Crippen molar-refractivity contribution in [3.05, 3.63) is 93.3 Å². The van der Waals surface area contributed by atoms with Crippen LogP contribution < -0.4 is 31.1 Å². The molecule has 1 unspecified atom stereocenters. The third-order valence-electron chi connectivity index (χ3n) is 10.2. The molecule has 1 atom stereocenters. The molecule has 68 heavy (non-hydrogen) atoms. The Morgan fingerprint density at radius 3 is 2.28 bits per heavy atom. The summed E-state index contributed by atoms with van der Waals surface area (Å²) in [4.78, 5) is 83.9. The molecule has 4 aromatic rings. The first kappa shape index (κ1) is 51.1. The largest absolute Gasteiger partial charge is 0.485 e. The van der Waals surface area contributed by atoms with E-state index in [1.807, 2.05) is 0 Å². The lowest BCUT2D eigenvalue weighted by Crippen LogP contribution is -2.54. The molecule has 24 heteroatoms. The number of nitrogens with one attached hydrogen (secondary N) is 4. The van der Waals surface area contributed by atoms with Crippen LogP contribution in [0.15, 0.2) is 70.2 Å². The van der Waals surface area contributed by atoms with E-state index in [4.69, 9.17) is 29.4 Å². The summed E-state index contributed by atoms with van der Waals surface area (Å²) < 4.78 is 70.7. The van der Waals surface area contributed by atoms with Crippen molar-refractivity contribution in [1.82, 2.24) is 24.9 Å². The summed E-state index contributed by atoms with van der Waals surface area (Å²) in [6.07, 6.45) is 2.03. The highest BCUT2D eigenvalue weighted by atomic mass is 79.9. The Labute approximate surface area is 398 Å². The second-order valence-corrected chi connectivity index (χ2v) is 17.7. The van der Waals surface area contributed by atoms with Crippen molar-refractivity contribution in [2.45, 2.75) is 43.5 Å². The zero-order chi connectivity index (χ0) is 48.8. The highest BCUT2D eigenvalue weighted by Crippen LogP contribution is 2.34. The summed E-state index contributed by atoms with van der Waals surface area (Å²) in [5, 5.41) is 8.06. The molecule has 5 amide bonds. The third kappa shape index (κ3) is 13.5. The van der Waals surface area contributed by atoms with Gasteiger partial charge in [0.15, 0.2) is 5.78 Å². The number of piperidine rings is 1. The number of carbonyl (C=O) groups is 6. The van der Waals surface area contributed by atoms with Crippen LogP contribution in [0.4, 0.5) is 27.5 Å². The molecule has 2 aliphatic heterocycles. The maximum absolute atomic E-state index is 14.3. The minimum atomic E-state index is -3.87. The summed E-state index contributed by atoms with van der Waals surface area (Å²) >= 11 is 3.33. The van der Waals surface area contributed by atoms with Gasteiger partial charge in [-0.2, -0.15) is 4.98 Å². The molecule has 0 saturated carbocycles. The molecule has 0 radical (unpaired) electrons. The Morgan fingerprint density at radius 2 is 1.59 bits per heavy atom. The number of nitrogens with two attached hydrogens (primary N) is 1. The Hall–Kier alpha value is -6.28. The molecule has 3 heterocycles. The van der Waals surface area contributed by atoms with E-state index < -0.39 is 51.4 Å². The lowest BCUT2D eigenvalue weighted by molar-refractivity contribution is -0.136. The molecule has 1 fully saturated rings. The number of nitrogens with zero attached hydrogens (tertiary/aromatic N) is 3. The molecule has 2 aliphatic rings. The fraction of sp³-hybridized carbons (Fsp3) is 0.364. The van der Waals surface area contributed by atoms with E-state index in [-0.39, 0.29) is 103 Å². The van der Waals surface area contributed by atoms with Gasteiger partial charge < -0.3 is 40.1 Å². The van der Waals surface area contributed by atoms with E-state index in [1.54, 1.807) is 13.0 Å². The molecule has 21 nitrogen and oxygen atoms in total. The zero-order valence-corrected chi connectivity index (χ0v) is 39.0. The fourth-order valence-corrected chi connectivity index (χ4v) is 8.27. The summed E-state index contributed by atoms with van der Waals surface area (Å²) in [6, 6.07) is 11.8. The van der Waals surface area contributed by atoms with Crippen LogP contribution in [0, 0.1) is 12.7 Å². The number of halogens is 2. The molecule has 6 rings (SSSR count). The molecule has 0 aliphatic carbocycles. The zero-order valence-electron chi connectivity index (χ0n) is 36.6. The first-order valence-corrected chi connectivity index (χ1v) is 23.5. The van der Waals surface area contributed by atoms with Crippen LogP contribution in [-0.2, 0) is 43.4 Å². The first-order valence-electron chi connectivity index (χ1n) is 21.2. The van der Waals surface area contributed by atoms with Gasteiger partial charge >= 0.3 is 0 Å². The van der Waals surface area contributed by atoms with Crippen LogP contribution >= 0.6 is 15.9 Å². The number of sulfonamides is 1. The second-order valence-electron chi connectivity index (χ2n) is 15.0. The van der Waals surface area contributed by atoms with E-state index in [2.05, 4.69) is 46.6 Å². The SMILES string of the molecule is Cc1cc(S(=O)(=O)NCCOCCOCCOCCOCCCC(=O)COc2cccc3c2C(=O)N(C2CCC(=O)NC2=O)C3=O)ccc1Nc1ncc(Br)c(Nc2cccc(F)c2C(N)=O)n1. The molecular formula is C44H48BrFN8O13S. The highest BCUT2D eigenvalue weighted by molar-refractivity contribution is 9.10. The van der Waals surface area contributed by atoms with Crippen LogP contribution in [0.2, 0.25) is 0 Å². The number of fused-ring (bicyclic) bond motifs is 1. The molecule has 0 spiro atoms. The van der Waals surface area contributed by atoms with Crippen molar-refractivity contribution in [2.75, 3.05) is 76.6 Å². The molecule has 1 saturated heterocycles. The minimum absolute atomic E-state index is 0.00283. The number of aryl methyl sites for hydroxylation is 1. The minimum Gasteiger partial charge on any atom is -0.485 e. The Balaban J connectivity index is 0.780. The van der Waals surface area contributed by atoms with Gasteiger partial charge in [-0.1, -0.05) is 12.1 Å². The standard InChI is InChI=1S/C44H48BrFN8O13S/c1-26-23-28(10-11-32(26)51-44-48-24-30(45)40(53-44)50-33-8-3-7-31(46)38(33)39(47)57)68(61,62)49-14-16-64-18-20-66-22-21-65-19-17-63-15-4-5-27(55)25-67-35-9-2-6-29-37(35)43(60)54(42(29)59)34-12-13-36(56)52-41(34)58/h2-3,6-11,23-24,34,49H,4-5,12-22,25H2,1H3,(H2,47,57)(H,52,56,58)(H2,48,50,51,53). The molecule has 0 bridgehead atoms. The Morgan fingerprint density at radius 1 is 0.897 bits per heavy atom. The number of ether oxygens (including phenoxy) is 5. The van der Waals surface area contributed by atoms with E-state index in [0.29, 0.717) is 55.2 Å². The predicted octanol–water partition coefficient (Wildman–Crippen LogP) is 3.45. The van der Waals surface area contributed by atoms with Gasteiger partial charge in [-0.05, 0) is 83.7 Å². The van der Waals surface area contributed by atoms with Crippen LogP contribution in [0.5, 0.6) is 5.75 Å². The number of hydrogen-bond acceptors (Lipinski definition) is 17. The highest BCUT2D eigenvalue weighted by Gasteiger charge is 2.46. The summed E-state index contributed by atoms with van der Waals surface area (Å²) in [5.74, 6) is -4.17. The summed E-state index contributed by atoms with van der Waals surface area (Å²) in [7, 11) is -3.87. The van der Waals surface area contributed by atoms with E-state index >= 15 is 0 Å². The lowest BCUT2D eigenvalue weighted by Gasteiger charge is -2.27. The Bertz CT molecular complexity index is 2660. The number of hydrogen-bond donors (Lipinski definition) is 5. The number of carbonyl (C=O) groups excluding carboxylic acids is 6. The van der Waals surface area contributed by atoms with Crippen molar-refractivity contribution in [3.63, 3.8) is 0 Å². The number of anilines is 4. The number of Topliss-reactive ketones (excluding diaryl/α,β-unsaturated/α-hetero) is 1. The van der Waals surface area contributed by atoms with Crippen molar-refractivity contribution in [1.29, 1.82) is 0 Å². The van der Waals surface area contributed by atoms with Gasteiger partial charge in [-0.3, -0.25) is 39.0 Å². The van der Waals surface area contributed by atoms with Gasteiger partial charge in [0, 0.05) is 37.9 Å². The van der Waals surface area contributed by atoms with Crippen LogP contribution in [-0.4, -0.2) is 131 Å². The average Bonchev–Trinajstić information content (AvgIpc) is 3.55. The molecule has 1 aromatic heterocycles. The van der Waals surface area contributed by atoms with E-state index in [0.717, 1.165) is 11.0 Å². The molecular weight excluding hydrogens is 979 g/mol. The predicted molar refractivity (Wildman–Crippen MR) is 244 cm³/mol. The maximum Gasteiger partial charge on any atom is 0.266 e. The number of imide groups is 2. The van der Waals surface area contributed by atoms with E-state index in [9.17, 15) is 41.6 Å². The smallest absolute Gasteiger partial charge is 0.266 e. The number of ketones is 1. The topological polar surface area (TPSA) is 286 Å².